The maximum atomic E-state index is 12.2. The molecule has 1 fully saturated rings. The van der Waals surface area contributed by atoms with Crippen LogP contribution in [0.5, 0.6) is 0 Å². The number of ether oxygens (including phenoxy) is 1. The molecule has 1 N–H and O–H groups in total. The number of nitrogens with zero attached hydrogens (tertiary/aromatic N) is 1. The van der Waals surface area contributed by atoms with Gasteiger partial charge in [-0.2, -0.15) is 0 Å². The minimum atomic E-state index is -0.985. The van der Waals surface area contributed by atoms with Crippen molar-refractivity contribution in [2.75, 3.05) is 6.61 Å². The molecule has 1 aromatic rings. The highest BCUT2D eigenvalue weighted by molar-refractivity contribution is 5.99. The second-order valence-electron chi connectivity index (χ2n) is 5.41. The van der Waals surface area contributed by atoms with Crippen LogP contribution in [0, 0.1) is 13.8 Å². The normalized spacial score (nSPS) is 15.1. The lowest BCUT2D eigenvalue weighted by Gasteiger charge is -2.07. The third-order valence-electron chi connectivity index (χ3n) is 3.83. The summed E-state index contributed by atoms with van der Waals surface area (Å²) in [6.07, 6.45) is 3.76. The molecule has 0 saturated heterocycles. The van der Waals surface area contributed by atoms with Gasteiger partial charge < -0.3 is 14.4 Å². The Morgan fingerprint density at radius 1 is 1.33 bits per heavy atom. The van der Waals surface area contributed by atoms with E-state index in [-0.39, 0.29) is 11.5 Å². The number of carbonyl (C=O) groups excluding carboxylic acids is 1. The SMILES string of the molecule is CCOC(=O)c1c(/C=C(\C)C(=O)O)c(C)n(C2CC2)c1C. The van der Waals surface area contributed by atoms with Crippen LogP contribution in [0.4, 0.5) is 0 Å². The molecular weight excluding hydrogens is 270 g/mol. The number of rotatable bonds is 5. The minimum absolute atomic E-state index is 0.205. The van der Waals surface area contributed by atoms with Gasteiger partial charge in [-0.15, -0.1) is 0 Å². The lowest BCUT2D eigenvalue weighted by molar-refractivity contribution is -0.132. The van der Waals surface area contributed by atoms with Gasteiger partial charge in [-0.3, -0.25) is 0 Å². The molecule has 0 spiro atoms. The Kier molecular flexibility index (Phi) is 4.21. The van der Waals surface area contributed by atoms with E-state index in [0.717, 1.165) is 24.2 Å². The highest BCUT2D eigenvalue weighted by atomic mass is 16.5. The fourth-order valence-corrected chi connectivity index (χ4v) is 2.67. The Morgan fingerprint density at radius 3 is 2.43 bits per heavy atom. The van der Waals surface area contributed by atoms with E-state index in [1.807, 2.05) is 13.8 Å². The highest BCUT2D eigenvalue weighted by Crippen LogP contribution is 2.40. The minimum Gasteiger partial charge on any atom is -0.478 e. The Labute approximate surface area is 124 Å². The number of carboxylic acids is 1. The topological polar surface area (TPSA) is 68.5 Å². The first kappa shape index (κ1) is 15.4. The first-order chi connectivity index (χ1) is 9.88. The number of aromatic nitrogens is 1. The number of carbonyl (C=O) groups is 2. The largest absolute Gasteiger partial charge is 0.478 e. The Hall–Kier alpha value is -2.04. The molecule has 0 aromatic carbocycles. The van der Waals surface area contributed by atoms with E-state index in [0.29, 0.717) is 23.8 Å². The molecule has 5 heteroatoms. The van der Waals surface area contributed by atoms with Crippen molar-refractivity contribution in [3.05, 3.63) is 28.1 Å². The van der Waals surface area contributed by atoms with Crippen molar-refractivity contribution in [2.24, 2.45) is 0 Å². The molecule has 0 bridgehead atoms. The zero-order chi connectivity index (χ0) is 15.7. The second-order valence-corrected chi connectivity index (χ2v) is 5.41. The Bertz CT molecular complexity index is 621. The quantitative estimate of drug-likeness (QED) is 0.668. The molecule has 5 nitrogen and oxygen atoms in total. The van der Waals surface area contributed by atoms with Crippen molar-refractivity contribution in [1.82, 2.24) is 4.57 Å². The van der Waals surface area contributed by atoms with Crippen molar-refractivity contribution >= 4 is 18.0 Å². The molecule has 0 unspecified atom stereocenters. The zero-order valence-electron chi connectivity index (χ0n) is 12.9. The van der Waals surface area contributed by atoms with Gasteiger partial charge in [0.15, 0.2) is 0 Å². The molecule has 1 saturated carbocycles. The average Bonchev–Trinajstić information content (AvgIpc) is 3.19. The highest BCUT2D eigenvalue weighted by Gasteiger charge is 2.31. The summed E-state index contributed by atoms with van der Waals surface area (Å²) < 4.78 is 7.26. The van der Waals surface area contributed by atoms with E-state index < -0.39 is 5.97 Å². The van der Waals surface area contributed by atoms with Crippen LogP contribution in [0.15, 0.2) is 5.57 Å². The smallest absolute Gasteiger partial charge is 0.340 e. The molecule has 1 aromatic heterocycles. The van der Waals surface area contributed by atoms with E-state index in [2.05, 4.69) is 4.57 Å². The molecule has 0 amide bonds. The van der Waals surface area contributed by atoms with Gasteiger partial charge in [0.25, 0.3) is 0 Å². The molecule has 1 heterocycles. The first-order valence-electron chi connectivity index (χ1n) is 7.18. The molecular formula is C16H21NO4. The summed E-state index contributed by atoms with van der Waals surface area (Å²) in [5, 5.41) is 9.07. The summed E-state index contributed by atoms with van der Waals surface area (Å²) in [6, 6.07) is 0.422. The standard InChI is InChI=1S/C16H21NO4/c1-5-21-16(20)14-11(4)17(12-6-7-12)10(3)13(14)8-9(2)15(18)19/h8,12H,5-7H2,1-4H3,(H,18,19)/b9-8+. The number of hydrogen-bond acceptors (Lipinski definition) is 3. The molecule has 1 aliphatic carbocycles. The van der Waals surface area contributed by atoms with E-state index in [1.54, 1.807) is 13.0 Å². The second kappa shape index (κ2) is 5.76. The lowest BCUT2D eigenvalue weighted by atomic mass is 10.1. The van der Waals surface area contributed by atoms with Crippen molar-refractivity contribution in [3.8, 4) is 0 Å². The number of esters is 1. The average molecular weight is 291 g/mol. The van der Waals surface area contributed by atoms with Crippen molar-refractivity contribution < 1.29 is 19.4 Å². The van der Waals surface area contributed by atoms with Gasteiger partial charge in [-0.1, -0.05) is 0 Å². The van der Waals surface area contributed by atoms with Crippen LogP contribution in [0.1, 0.15) is 60.0 Å². The van der Waals surface area contributed by atoms with Crippen molar-refractivity contribution in [1.29, 1.82) is 0 Å². The molecule has 114 valence electrons. The van der Waals surface area contributed by atoms with Crippen molar-refractivity contribution in [3.63, 3.8) is 0 Å². The fraction of sp³-hybridized carbons (Fsp3) is 0.500. The maximum Gasteiger partial charge on any atom is 0.340 e. The van der Waals surface area contributed by atoms with Gasteiger partial charge in [-0.05, 0) is 46.6 Å². The van der Waals surface area contributed by atoms with Gasteiger partial charge in [0.1, 0.15) is 0 Å². The summed E-state index contributed by atoms with van der Waals surface area (Å²) in [4.78, 5) is 23.3. The first-order valence-corrected chi connectivity index (χ1v) is 7.18. The van der Waals surface area contributed by atoms with Crippen LogP contribution in [0.25, 0.3) is 6.08 Å². The van der Waals surface area contributed by atoms with Crippen LogP contribution in [-0.4, -0.2) is 28.2 Å². The maximum absolute atomic E-state index is 12.2. The van der Waals surface area contributed by atoms with Crippen molar-refractivity contribution in [2.45, 2.75) is 46.6 Å². The van der Waals surface area contributed by atoms with Crippen LogP contribution in [0.3, 0.4) is 0 Å². The van der Waals surface area contributed by atoms with Crippen LogP contribution < -0.4 is 0 Å². The third kappa shape index (κ3) is 2.86. The molecule has 0 radical (unpaired) electrons. The lowest BCUT2D eigenvalue weighted by Crippen LogP contribution is -2.08. The summed E-state index contributed by atoms with van der Waals surface area (Å²) in [5.74, 6) is -1.37. The molecule has 1 aliphatic rings. The van der Waals surface area contributed by atoms with Crippen LogP contribution in [0.2, 0.25) is 0 Å². The molecule has 0 aliphatic heterocycles. The summed E-state index contributed by atoms with van der Waals surface area (Å²) in [6.45, 7) is 7.41. The van der Waals surface area contributed by atoms with Gasteiger partial charge in [0.05, 0.1) is 12.2 Å². The monoisotopic (exact) mass is 291 g/mol. The third-order valence-corrected chi connectivity index (χ3v) is 3.83. The van der Waals surface area contributed by atoms with E-state index in [4.69, 9.17) is 9.84 Å². The Balaban J connectivity index is 2.60. The Morgan fingerprint density at radius 2 is 1.95 bits per heavy atom. The molecule has 2 rings (SSSR count). The molecule has 0 atom stereocenters. The van der Waals surface area contributed by atoms with Gasteiger partial charge in [0.2, 0.25) is 0 Å². The van der Waals surface area contributed by atoms with E-state index in [9.17, 15) is 9.59 Å². The summed E-state index contributed by atoms with van der Waals surface area (Å²) >= 11 is 0. The number of carboxylic acid groups (broad SMARTS) is 1. The van der Waals surface area contributed by atoms with E-state index >= 15 is 0 Å². The number of hydrogen-bond donors (Lipinski definition) is 1. The molecule has 21 heavy (non-hydrogen) atoms. The zero-order valence-corrected chi connectivity index (χ0v) is 12.9. The van der Waals surface area contributed by atoms with E-state index in [1.165, 1.54) is 6.92 Å². The predicted octanol–water partition coefficient (Wildman–Crippen LogP) is 3.10. The predicted molar refractivity (Wildman–Crippen MR) is 79.4 cm³/mol. The van der Waals surface area contributed by atoms with Crippen LogP contribution >= 0.6 is 0 Å². The summed E-state index contributed by atoms with van der Waals surface area (Å²) in [7, 11) is 0. The number of aliphatic carboxylic acids is 1. The summed E-state index contributed by atoms with van der Waals surface area (Å²) in [5.41, 5.74) is 3.15. The van der Waals surface area contributed by atoms with Gasteiger partial charge in [-0.25, -0.2) is 9.59 Å². The van der Waals surface area contributed by atoms with Gasteiger partial charge in [0, 0.05) is 28.6 Å². The van der Waals surface area contributed by atoms with Gasteiger partial charge >= 0.3 is 11.9 Å². The fourth-order valence-electron chi connectivity index (χ4n) is 2.67. The van der Waals surface area contributed by atoms with Crippen LogP contribution in [-0.2, 0) is 9.53 Å².